The average Bonchev–Trinajstić information content (AvgIpc) is 2.93. The molecule has 0 radical (unpaired) electrons. The van der Waals surface area contributed by atoms with Crippen molar-refractivity contribution in [2.24, 2.45) is 0 Å². The minimum atomic E-state index is 0.200. The van der Waals surface area contributed by atoms with Crippen LogP contribution in [0, 0.1) is 0 Å². The second-order valence-corrected chi connectivity index (χ2v) is 5.90. The topological polar surface area (TPSA) is 45.2 Å². The fourth-order valence-electron chi connectivity index (χ4n) is 2.46. The van der Waals surface area contributed by atoms with Gasteiger partial charge in [0.05, 0.1) is 23.6 Å². The Hall–Kier alpha value is -1.88. The zero-order chi connectivity index (χ0) is 14.7. The quantitative estimate of drug-likeness (QED) is 0.920. The fourth-order valence-corrected chi connectivity index (χ4v) is 2.69. The Morgan fingerprint density at radius 1 is 1.24 bits per heavy atom. The molecule has 5 heteroatoms. The van der Waals surface area contributed by atoms with Crippen LogP contribution in [-0.2, 0) is 11.3 Å². The molecule has 0 aliphatic carbocycles. The van der Waals surface area contributed by atoms with E-state index in [9.17, 15) is 4.79 Å². The van der Waals surface area contributed by atoms with Crippen LogP contribution in [0.4, 0.5) is 11.4 Å². The molecular weight excluding hydrogens is 330 g/mol. The maximum atomic E-state index is 11.9. The lowest BCUT2D eigenvalue weighted by molar-refractivity contribution is -0.117. The van der Waals surface area contributed by atoms with Crippen molar-refractivity contribution in [3.8, 4) is 0 Å². The van der Waals surface area contributed by atoms with Crippen LogP contribution in [0.15, 0.2) is 47.1 Å². The molecule has 0 saturated carbocycles. The SMILES string of the molecule is O=C1CCCN1c1ccccc1NCc1ccc(Br)cn1. The van der Waals surface area contributed by atoms with E-state index in [4.69, 9.17) is 0 Å². The van der Waals surface area contributed by atoms with Gasteiger partial charge in [0, 0.05) is 23.6 Å². The van der Waals surface area contributed by atoms with E-state index < -0.39 is 0 Å². The molecule has 0 atom stereocenters. The highest BCUT2D eigenvalue weighted by molar-refractivity contribution is 9.10. The van der Waals surface area contributed by atoms with Crippen molar-refractivity contribution >= 4 is 33.2 Å². The van der Waals surface area contributed by atoms with E-state index in [-0.39, 0.29) is 5.91 Å². The third kappa shape index (κ3) is 3.24. The lowest BCUT2D eigenvalue weighted by Crippen LogP contribution is -2.24. The van der Waals surface area contributed by atoms with Crippen LogP contribution in [0.1, 0.15) is 18.5 Å². The lowest BCUT2D eigenvalue weighted by Gasteiger charge is -2.20. The smallest absolute Gasteiger partial charge is 0.227 e. The van der Waals surface area contributed by atoms with E-state index in [2.05, 4.69) is 26.2 Å². The molecule has 0 spiro atoms. The standard InChI is InChI=1S/C16H16BrN3O/c17-12-7-8-13(18-10-12)11-19-14-4-1-2-5-15(14)20-9-3-6-16(20)21/h1-2,4-5,7-8,10,19H,3,6,9,11H2. The first-order chi connectivity index (χ1) is 10.2. The first-order valence-electron chi connectivity index (χ1n) is 6.98. The molecule has 1 N–H and O–H groups in total. The highest BCUT2D eigenvalue weighted by Gasteiger charge is 2.23. The Morgan fingerprint density at radius 3 is 2.81 bits per heavy atom. The zero-order valence-corrected chi connectivity index (χ0v) is 13.1. The minimum absolute atomic E-state index is 0.200. The number of nitrogens with one attached hydrogen (secondary N) is 1. The molecule has 21 heavy (non-hydrogen) atoms. The number of carbonyl (C=O) groups is 1. The van der Waals surface area contributed by atoms with Gasteiger partial charge in [-0.25, -0.2) is 0 Å². The number of para-hydroxylation sites is 2. The summed E-state index contributed by atoms with van der Waals surface area (Å²) in [5, 5.41) is 3.37. The average molecular weight is 346 g/mol. The first-order valence-corrected chi connectivity index (χ1v) is 7.77. The van der Waals surface area contributed by atoms with E-state index in [1.54, 1.807) is 6.20 Å². The number of benzene rings is 1. The molecule has 1 aromatic carbocycles. The van der Waals surface area contributed by atoms with Crippen molar-refractivity contribution < 1.29 is 4.79 Å². The molecule has 1 amide bonds. The van der Waals surface area contributed by atoms with E-state index in [0.29, 0.717) is 13.0 Å². The predicted molar refractivity (Wildman–Crippen MR) is 87.3 cm³/mol. The van der Waals surface area contributed by atoms with Crippen LogP contribution in [0.2, 0.25) is 0 Å². The Morgan fingerprint density at radius 2 is 2.10 bits per heavy atom. The van der Waals surface area contributed by atoms with Crippen molar-refractivity contribution in [2.45, 2.75) is 19.4 Å². The summed E-state index contributed by atoms with van der Waals surface area (Å²) < 4.78 is 0.967. The van der Waals surface area contributed by atoms with Gasteiger partial charge in [0.25, 0.3) is 0 Å². The predicted octanol–water partition coefficient (Wildman–Crippen LogP) is 3.58. The fraction of sp³-hybridized carbons (Fsp3) is 0.250. The van der Waals surface area contributed by atoms with Crippen molar-refractivity contribution in [3.63, 3.8) is 0 Å². The van der Waals surface area contributed by atoms with Gasteiger partial charge in [-0.3, -0.25) is 9.78 Å². The molecule has 2 aromatic rings. The highest BCUT2D eigenvalue weighted by Crippen LogP contribution is 2.29. The molecule has 1 aliphatic heterocycles. The highest BCUT2D eigenvalue weighted by atomic mass is 79.9. The third-order valence-corrected chi connectivity index (χ3v) is 3.99. The summed E-state index contributed by atoms with van der Waals surface area (Å²) in [7, 11) is 0. The van der Waals surface area contributed by atoms with Gasteiger partial charge in [0.15, 0.2) is 0 Å². The summed E-state index contributed by atoms with van der Waals surface area (Å²) >= 11 is 3.38. The van der Waals surface area contributed by atoms with Crippen molar-refractivity contribution in [3.05, 3.63) is 52.8 Å². The molecule has 2 heterocycles. The number of rotatable bonds is 4. The third-order valence-electron chi connectivity index (χ3n) is 3.52. The number of carbonyl (C=O) groups excluding carboxylic acids is 1. The van der Waals surface area contributed by atoms with Crippen molar-refractivity contribution in [2.75, 3.05) is 16.8 Å². The molecule has 0 bridgehead atoms. The van der Waals surface area contributed by atoms with Gasteiger partial charge < -0.3 is 10.2 Å². The summed E-state index contributed by atoms with van der Waals surface area (Å²) in [6.45, 7) is 1.43. The van der Waals surface area contributed by atoms with Crippen LogP contribution in [-0.4, -0.2) is 17.4 Å². The Kier molecular flexibility index (Phi) is 4.20. The summed E-state index contributed by atoms with van der Waals surface area (Å²) in [4.78, 5) is 18.1. The molecule has 0 unspecified atom stereocenters. The number of halogens is 1. The number of pyridine rings is 1. The van der Waals surface area contributed by atoms with E-state index in [1.165, 1.54) is 0 Å². The van der Waals surface area contributed by atoms with E-state index >= 15 is 0 Å². The normalized spacial score (nSPS) is 14.5. The summed E-state index contributed by atoms with van der Waals surface area (Å²) in [5.41, 5.74) is 2.88. The largest absolute Gasteiger partial charge is 0.378 e. The molecule has 1 fully saturated rings. The van der Waals surface area contributed by atoms with Gasteiger partial charge in [-0.2, -0.15) is 0 Å². The summed E-state index contributed by atoms with van der Waals surface area (Å²) in [6, 6.07) is 11.9. The zero-order valence-electron chi connectivity index (χ0n) is 11.6. The number of nitrogens with zero attached hydrogens (tertiary/aromatic N) is 2. The molecule has 108 valence electrons. The van der Waals surface area contributed by atoms with Crippen LogP contribution < -0.4 is 10.2 Å². The van der Waals surface area contributed by atoms with Gasteiger partial charge in [-0.05, 0) is 46.6 Å². The van der Waals surface area contributed by atoms with Crippen LogP contribution in [0.25, 0.3) is 0 Å². The Bertz CT molecular complexity index is 642. The Labute approximate surface area is 132 Å². The number of aromatic nitrogens is 1. The summed E-state index contributed by atoms with van der Waals surface area (Å²) in [5.74, 6) is 0.200. The van der Waals surface area contributed by atoms with Gasteiger partial charge in [-0.1, -0.05) is 12.1 Å². The van der Waals surface area contributed by atoms with Crippen molar-refractivity contribution in [1.82, 2.24) is 4.98 Å². The Balaban J connectivity index is 1.76. The maximum Gasteiger partial charge on any atom is 0.227 e. The second-order valence-electron chi connectivity index (χ2n) is 4.99. The molecule has 1 saturated heterocycles. The van der Waals surface area contributed by atoms with Gasteiger partial charge >= 0.3 is 0 Å². The molecular formula is C16H16BrN3O. The molecule has 3 rings (SSSR count). The van der Waals surface area contributed by atoms with Crippen LogP contribution >= 0.6 is 15.9 Å². The van der Waals surface area contributed by atoms with Gasteiger partial charge in [0.2, 0.25) is 5.91 Å². The van der Waals surface area contributed by atoms with E-state index in [0.717, 1.165) is 34.5 Å². The maximum absolute atomic E-state index is 11.9. The first kappa shape index (κ1) is 14.1. The molecule has 4 nitrogen and oxygen atoms in total. The monoisotopic (exact) mass is 345 g/mol. The minimum Gasteiger partial charge on any atom is -0.378 e. The second kappa shape index (κ2) is 6.26. The van der Waals surface area contributed by atoms with Crippen molar-refractivity contribution in [1.29, 1.82) is 0 Å². The van der Waals surface area contributed by atoms with Crippen LogP contribution in [0.3, 0.4) is 0 Å². The molecule has 1 aromatic heterocycles. The number of hydrogen-bond donors (Lipinski definition) is 1. The lowest BCUT2D eigenvalue weighted by atomic mass is 10.2. The number of anilines is 2. The number of hydrogen-bond acceptors (Lipinski definition) is 3. The van der Waals surface area contributed by atoms with Crippen LogP contribution in [0.5, 0.6) is 0 Å². The van der Waals surface area contributed by atoms with E-state index in [1.807, 2.05) is 41.3 Å². The van der Waals surface area contributed by atoms with Gasteiger partial charge in [0.1, 0.15) is 0 Å². The van der Waals surface area contributed by atoms with Gasteiger partial charge in [-0.15, -0.1) is 0 Å². The molecule has 1 aliphatic rings. The summed E-state index contributed by atoms with van der Waals surface area (Å²) in [6.07, 6.45) is 3.36. The number of amides is 1.